The molecule has 0 amide bonds. The molecule has 1 N–H and O–H groups in total. The van der Waals surface area contributed by atoms with Crippen LogP contribution in [0, 0.1) is 13.8 Å². The van der Waals surface area contributed by atoms with Crippen LogP contribution in [0.3, 0.4) is 0 Å². The van der Waals surface area contributed by atoms with Crippen LogP contribution < -0.4 is 10.1 Å². The van der Waals surface area contributed by atoms with Crippen LogP contribution in [0.25, 0.3) is 0 Å². The fourth-order valence-electron chi connectivity index (χ4n) is 2.64. The molecular formula is C15H24N2O. The summed E-state index contributed by atoms with van der Waals surface area (Å²) in [5.74, 6) is 1.07. The summed E-state index contributed by atoms with van der Waals surface area (Å²) < 4.78 is 5.57. The predicted octanol–water partition coefficient (Wildman–Crippen LogP) is 1.76. The Kier molecular flexibility index (Phi) is 4.61. The van der Waals surface area contributed by atoms with Gasteiger partial charge in [0.15, 0.2) is 0 Å². The van der Waals surface area contributed by atoms with Gasteiger partial charge in [-0.15, -0.1) is 0 Å². The van der Waals surface area contributed by atoms with E-state index in [-0.39, 0.29) is 0 Å². The van der Waals surface area contributed by atoms with Gasteiger partial charge in [-0.25, -0.2) is 0 Å². The average Bonchev–Trinajstić information content (AvgIpc) is 2.41. The predicted molar refractivity (Wildman–Crippen MR) is 75.5 cm³/mol. The zero-order valence-corrected chi connectivity index (χ0v) is 11.8. The van der Waals surface area contributed by atoms with E-state index in [4.69, 9.17) is 4.74 Å². The van der Waals surface area contributed by atoms with Crippen molar-refractivity contribution in [3.63, 3.8) is 0 Å². The van der Waals surface area contributed by atoms with E-state index in [0.717, 1.165) is 44.9 Å². The van der Waals surface area contributed by atoms with E-state index in [9.17, 15) is 0 Å². The molecule has 0 aliphatic carbocycles. The molecule has 1 heterocycles. The quantitative estimate of drug-likeness (QED) is 0.879. The first-order valence-corrected chi connectivity index (χ1v) is 6.78. The molecule has 1 saturated heterocycles. The Labute approximate surface area is 110 Å². The highest BCUT2D eigenvalue weighted by atomic mass is 16.5. The zero-order valence-electron chi connectivity index (χ0n) is 11.8. The molecule has 1 aliphatic rings. The minimum atomic E-state index is 1.07. The Morgan fingerprint density at radius 3 is 2.50 bits per heavy atom. The van der Waals surface area contributed by atoms with Crippen molar-refractivity contribution in [2.75, 3.05) is 39.8 Å². The van der Waals surface area contributed by atoms with E-state index in [1.54, 1.807) is 7.11 Å². The average molecular weight is 248 g/mol. The Bertz CT molecular complexity index is 398. The van der Waals surface area contributed by atoms with Crippen LogP contribution in [0.1, 0.15) is 16.7 Å². The van der Waals surface area contributed by atoms with Gasteiger partial charge in [-0.1, -0.05) is 12.1 Å². The molecule has 0 unspecified atom stereocenters. The molecule has 0 radical (unpaired) electrons. The van der Waals surface area contributed by atoms with Gasteiger partial charge in [-0.3, -0.25) is 0 Å². The van der Waals surface area contributed by atoms with Crippen LogP contribution in [0.15, 0.2) is 12.1 Å². The van der Waals surface area contributed by atoms with Crippen molar-refractivity contribution < 1.29 is 4.74 Å². The second-order valence-electron chi connectivity index (χ2n) is 5.05. The molecule has 3 nitrogen and oxygen atoms in total. The van der Waals surface area contributed by atoms with Crippen LogP contribution in [-0.4, -0.2) is 44.7 Å². The van der Waals surface area contributed by atoms with Crippen LogP contribution in [-0.2, 0) is 6.42 Å². The van der Waals surface area contributed by atoms with Crippen LogP contribution in [0.5, 0.6) is 5.75 Å². The van der Waals surface area contributed by atoms with Crippen molar-refractivity contribution in [1.29, 1.82) is 0 Å². The summed E-state index contributed by atoms with van der Waals surface area (Å²) in [6, 6.07) is 4.34. The number of benzene rings is 1. The maximum absolute atomic E-state index is 5.57. The Morgan fingerprint density at radius 1 is 1.17 bits per heavy atom. The van der Waals surface area contributed by atoms with Crippen molar-refractivity contribution in [2.24, 2.45) is 0 Å². The second kappa shape index (κ2) is 6.21. The number of hydrogen-bond donors (Lipinski definition) is 1. The van der Waals surface area contributed by atoms with Crippen LogP contribution in [0.2, 0.25) is 0 Å². The first-order valence-electron chi connectivity index (χ1n) is 6.78. The lowest BCUT2D eigenvalue weighted by Crippen LogP contribution is -2.44. The first-order chi connectivity index (χ1) is 8.72. The maximum atomic E-state index is 5.57. The first kappa shape index (κ1) is 13.4. The summed E-state index contributed by atoms with van der Waals surface area (Å²) in [7, 11) is 1.77. The lowest BCUT2D eigenvalue weighted by Gasteiger charge is -2.27. The van der Waals surface area contributed by atoms with Crippen LogP contribution >= 0.6 is 0 Å². The fraction of sp³-hybridized carbons (Fsp3) is 0.600. The summed E-state index contributed by atoms with van der Waals surface area (Å²) >= 11 is 0. The van der Waals surface area contributed by atoms with Gasteiger partial charge in [0.05, 0.1) is 7.11 Å². The van der Waals surface area contributed by atoms with Crippen molar-refractivity contribution in [2.45, 2.75) is 20.3 Å². The van der Waals surface area contributed by atoms with E-state index in [0.29, 0.717) is 0 Å². The third kappa shape index (κ3) is 3.03. The number of hydrogen-bond acceptors (Lipinski definition) is 3. The molecule has 2 rings (SSSR count). The molecule has 1 aromatic carbocycles. The highest BCUT2D eigenvalue weighted by Crippen LogP contribution is 2.27. The summed E-state index contributed by atoms with van der Waals surface area (Å²) in [5.41, 5.74) is 3.95. The van der Waals surface area contributed by atoms with E-state index in [2.05, 4.69) is 36.2 Å². The van der Waals surface area contributed by atoms with E-state index in [1.807, 2.05) is 0 Å². The maximum Gasteiger partial charge on any atom is 0.125 e. The van der Waals surface area contributed by atoms with Gasteiger partial charge >= 0.3 is 0 Å². The molecule has 3 heteroatoms. The van der Waals surface area contributed by atoms with Gasteiger partial charge in [0.25, 0.3) is 0 Å². The molecule has 18 heavy (non-hydrogen) atoms. The Balaban J connectivity index is 2.05. The van der Waals surface area contributed by atoms with Crippen molar-refractivity contribution >= 4 is 0 Å². The number of nitrogens with zero attached hydrogens (tertiary/aromatic N) is 1. The monoisotopic (exact) mass is 248 g/mol. The smallest absolute Gasteiger partial charge is 0.125 e. The van der Waals surface area contributed by atoms with Gasteiger partial charge in [-0.2, -0.15) is 0 Å². The summed E-state index contributed by atoms with van der Waals surface area (Å²) in [4.78, 5) is 2.53. The summed E-state index contributed by atoms with van der Waals surface area (Å²) in [6.45, 7) is 9.97. The standard InChI is InChI=1S/C15H24N2O/c1-12-4-5-13(2)15(18-3)14(12)6-9-17-10-7-16-8-11-17/h4-5,16H,6-11H2,1-3H3. The molecule has 1 fully saturated rings. The SMILES string of the molecule is COc1c(C)ccc(C)c1CCN1CCNCC1. The zero-order chi connectivity index (χ0) is 13.0. The highest BCUT2D eigenvalue weighted by molar-refractivity contribution is 5.45. The number of piperazine rings is 1. The fourth-order valence-corrected chi connectivity index (χ4v) is 2.64. The molecular weight excluding hydrogens is 224 g/mol. The number of ether oxygens (including phenoxy) is 1. The van der Waals surface area contributed by atoms with E-state index in [1.165, 1.54) is 16.7 Å². The van der Waals surface area contributed by atoms with Gasteiger partial charge in [-0.05, 0) is 37.0 Å². The minimum absolute atomic E-state index is 1.07. The second-order valence-corrected chi connectivity index (χ2v) is 5.05. The molecule has 0 aromatic heterocycles. The molecule has 0 atom stereocenters. The number of aryl methyl sites for hydroxylation is 2. The highest BCUT2D eigenvalue weighted by Gasteiger charge is 2.13. The van der Waals surface area contributed by atoms with Crippen LogP contribution in [0.4, 0.5) is 0 Å². The molecule has 100 valence electrons. The third-order valence-corrected chi connectivity index (χ3v) is 3.78. The van der Waals surface area contributed by atoms with Gasteiger partial charge in [0.1, 0.15) is 5.75 Å². The van der Waals surface area contributed by atoms with E-state index >= 15 is 0 Å². The molecule has 0 spiro atoms. The molecule has 0 bridgehead atoms. The lowest BCUT2D eigenvalue weighted by atomic mass is 10.0. The van der Waals surface area contributed by atoms with Gasteiger partial charge in [0, 0.05) is 32.7 Å². The Hall–Kier alpha value is -1.06. The van der Waals surface area contributed by atoms with E-state index < -0.39 is 0 Å². The molecule has 0 saturated carbocycles. The van der Waals surface area contributed by atoms with Crippen molar-refractivity contribution in [3.05, 3.63) is 28.8 Å². The number of nitrogens with one attached hydrogen (secondary N) is 1. The largest absolute Gasteiger partial charge is 0.496 e. The lowest BCUT2D eigenvalue weighted by molar-refractivity contribution is 0.243. The van der Waals surface area contributed by atoms with Crippen molar-refractivity contribution in [3.8, 4) is 5.75 Å². The number of rotatable bonds is 4. The topological polar surface area (TPSA) is 24.5 Å². The summed E-state index contributed by atoms with van der Waals surface area (Å²) in [6.07, 6.45) is 1.08. The minimum Gasteiger partial charge on any atom is -0.496 e. The van der Waals surface area contributed by atoms with Crippen molar-refractivity contribution in [1.82, 2.24) is 10.2 Å². The third-order valence-electron chi connectivity index (χ3n) is 3.78. The number of methoxy groups -OCH3 is 1. The molecule has 1 aromatic rings. The van der Waals surface area contributed by atoms with Gasteiger partial charge < -0.3 is 15.0 Å². The summed E-state index contributed by atoms with van der Waals surface area (Å²) in [5, 5.41) is 3.39. The van der Waals surface area contributed by atoms with Gasteiger partial charge in [0.2, 0.25) is 0 Å². The molecule has 1 aliphatic heterocycles. The Morgan fingerprint density at radius 2 is 1.83 bits per heavy atom. The normalized spacial score (nSPS) is 16.8.